The standard InChI is InChI=1S/C26H24FN3O/c1-16-5-7-20(13-18(16)3)24-15-25(30(29-24)23-11-8-21(27)9-12-23)26(31)28-22-10-6-17(2)19(4)14-22/h5-15H,1-4H3,(H,28,31). The SMILES string of the molecule is Cc1ccc(NC(=O)c2cc(-c3ccc(C)c(C)c3)nn2-c2ccc(F)cc2)cc1C. The molecule has 1 heterocycles. The molecule has 1 aromatic heterocycles. The van der Waals surface area contributed by atoms with E-state index in [1.165, 1.54) is 17.7 Å². The summed E-state index contributed by atoms with van der Waals surface area (Å²) in [5, 5.41) is 7.64. The minimum absolute atomic E-state index is 0.282. The normalized spacial score (nSPS) is 10.9. The molecule has 4 aromatic rings. The van der Waals surface area contributed by atoms with Gasteiger partial charge in [-0.2, -0.15) is 5.10 Å². The average molecular weight is 413 g/mol. The number of halogens is 1. The predicted octanol–water partition coefficient (Wildman–Crippen LogP) is 6.16. The molecule has 1 amide bonds. The zero-order chi connectivity index (χ0) is 22.1. The first-order chi connectivity index (χ1) is 14.8. The lowest BCUT2D eigenvalue weighted by Gasteiger charge is -2.10. The van der Waals surface area contributed by atoms with E-state index < -0.39 is 0 Å². The maximum Gasteiger partial charge on any atom is 0.274 e. The highest BCUT2D eigenvalue weighted by atomic mass is 19.1. The fourth-order valence-electron chi connectivity index (χ4n) is 3.38. The molecule has 3 aromatic carbocycles. The fourth-order valence-corrected chi connectivity index (χ4v) is 3.38. The van der Waals surface area contributed by atoms with Gasteiger partial charge in [-0.3, -0.25) is 4.79 Å². The second-order valence-corrected chi connectivity index (χ2v) is 7.86. The third-order valence-electron chi connectivity index (χ3n) is 5.58. The van der Waals surface area contributed by atoms with Crippen molar-refractivity contribution in [3.05, 3.63) is 100 Å². The van der Waals surface area contributed by atoms with Gasteiger partial charge in [-0.05, 0) is 98.5 Å². The van der Waals surface area contributed by atoms with Gasteiger partial charge in [-0.15, -0.1) is 0 Å². The molecule has 0 saturated carbocycles. The Morgan fingerprint density at radius 3 is 2.10 bits per heavy atom. The monoisotopic (exact) mass is 413 g/mol. The van der Waals surface area contributed by atoms with Gasteiger partial charge in [0, 0.05) is 11.3 Å². The van der Waals surface area contributed by atoms with Crippen molar-refractivity contribution < 1.29 is 9.18 Å². The van der Waals surface area contributed by atoms with Gasteiger partial charge in [0.05, 0.1) is 11.4 Å². The van der Waals surface area contributed by atoms with Gasteiger partial charge < -0.3 is 5.32 Å². The molecule has 0 unspecified atom stereocenters. The van der Waals surface area contributed by atoms with Crippen molar-refractivity contribution in [3.8, 4) is 16.9 Å². The van der Waals surface area contributed by atoms with Crippen LogP contribution in [0.1, 0.15) is 32.7 Å². The molecule has 0 aliphatic carbocycles. The molecule has 0 bridgehead atoms. The first-order valence-corrected chi connectivity index (χ1v) is 10.1. The Kier molecular flexibility index (Phi) is 5.42. The van der Waals surface area contributed by atoms with E-state index >= 15 is 0 Å². The Morgan fingerprint density at radius 2 is 1.45 bits per heavy atom. The number of rotatable bonds is 4. The molecule has 1 N–H and O–H groups in total. The summed E-state index contributed by atoms with van der Waals surface area (Å²) in [6, 6.07) is 19.6. The van der Waals surface area contributed by atoms with Crippen molar-refractivity contribution in [1.29, 1.82) is 0 Å². The summed E-state index contributed by atoms with van der Waals surface area (Å²) < 4.78 is 15.0. The number of nitrogens with one attached hydrogen (secondary N) is 1. The minimum atomic E-state index is -0.341. The van der Waals surface area contributed by atoms with E-state index in [4.69, 9.17) is 0 Å². The maximum absolute atomic E-state index is 13.5. The number of aromatic nitrogens is 2. The molecule has 4 rings (SSSR count). The number of hydrogen-bond donors (Lipinski definition) is 1. The topological polar surface area (TPSA) is 46.9 Å². The van der Waals surface area contributed by atoms with Crippen molar-refractivity contribution >= 4 is 11.6 Å². The molecule has 0 spiro atoms. The number of anilines is 1. The van der Waals surface area contributed by atoms with Crippen LogP contribution in [0.15, 0.2) is 66.7 Å². The summed E-state index contributed by atoms with van der Waals surface area (Å²) in [4.78, 5) is 13.2. The Hall–Kier alpha value is -3.73. The van der Waals surface area contributed by atoms with E-state index in [2.05, 4.69) is 23.4 Å². The second kappa shape index (κ2) is 8.19. The van der Waals surface area contributed by atoms with Gasteiger partial charge in [-0.25, -0.2) is 9.07 Å². The Labute approximate surface area is 181 Å². The molecule has 0 aliphatic rings. The van der Waals surface area contributed by atoms with Gasteiger partial charge in [-0.1, -0.05) is 18.2 Å². The van der Waals surface area contributed by atoms with Crippen LogP contribution in [0, 0.1) is 33.5 Å². The van der Waals surface area contributed by atoms with E-state index in [-0.39, 0.29) is 11.7 Å². The van der Waals surface area contributed by atoms with Crippen molar-refractivity contribution in [2.24, 2.45) is 0 Å². The molecular weight excluding hydrogens is 389 g/mol. The number of carbonyl (C=O) groups excluding carboxylic acids is 1. The molecule has 0 radical (unpaired) electrons. The van der Waals surface area contributed by atoms with Crippen LogP contribution < -0.4 is 5.32 Å². The predicted molar refractivity (Wildman–Crippen MR) is 122 cm³/mol. The van der Waals surface area contributed by atoms with Crippen LogP contribution in [0.3, 0.4) is 0 Å². The van der Waals surface area contributed by atoms with Crippen LogP contribution in [0.4, 0.5) is 10.1 Å². The van der Waals surface area contributed by atoms with Crippen molar-refractivity contribution in [1.82, 2.24) is 9.78 Å². The lowest BCUT2D eigenvalue weighted by molar-refractivity contribution is 0.101. The third kappa shape index (κ3) is 4.26. The highest BCUT2D eigenvalue weighted by Crippen LogP contribution is 2.25. The molecular formula is C26H24FN3O. The highest BCUT2D eigenvalue weighted by Gasteiger charge is 2.18. The summed E-state index contributed by atoms with van der Waals surface area (Å²) in [5.41, 5.74) is 7.89. The Bertz CT molecular complexity index is 1270. The number of carbonyl (C=O) groups is 1. The van der Waals surface area contributed by atoms with E-state index in [1.807, 2.05) is 51.1 Å². The fraction of sp³-hybridized carbons (Fsp3) is 0.154. The lowest BCUT2D eigenvalue weighted by Crippen LogP contribution is -2.17. The minimum Gasteiger partial charge on any atom is -0.321 e. The summed E-state index contributed by atoms with van der Waals surface area (Å²) >= 11 is 0. The average Bonchev–Trinajstić information content (AvgIpc) is 3.19. The first-order valence-electron chi connectivity index (χ1n) is 10.1. The highest BCUT2D eigenvalue weighted by molar-refractivity contribution is 6.04. The Morgan fingerprint density at radius 1 is 0.806 bits per heavy atom. The van der Waals surface area contributed by atoms with Gasteiger partial charge in [0.15, 0.2) is 0 Å². The molecule has 31 heavy (non-hydrogen) atoms. The molecule has 0 atom stereocenters. The lowest BCUT2D eigenvalue weighted by atomic mass is 10.0. The van der Waals surface area contributed by atoms with Crippen LogP contribution in [0.2, 0.25) is 0 Å². The van der Waals surface area contributed by atoms with Crippen molar-refractivity contribution in [3.63, 3.8) is 0 Å². The zero-order valence-electron chi connectivity index (χ0n) is 18.0. The molecule has 0 aliphatic heterocycles. The molecule has 4 nitrogen and oxygen atoms in total. The second-order valence-electron chi connectivity index (χ2n) is 7.86. The number of nitrogens with zero attached hydrogens (tertiary/aromatic N) is 2. The number of amides is 1. The van der Waals surface area contributed by atoms with Crippen LogP contribution in [0.25, 0.3) is 16.9 Å². The van der Waals surface area contributed by atoms with Gasteiger partial charge in [0.1, 0.15) is 11.5 Å². The first kappa shape index (κ1) is 20.5. The zero-order valence-corrected chi connectivity index (χ0v) is 18.0. The van der Waals surface area contributed by atoms with Crippen LogP contribution in [-0.4, -0.2) is 15.7 Å². The number of benzene rings is 3. The largest absolute Gasteiger partial charge is 0.321 e. The van der Waals surface area contributed by atoms with Gasteiger partial charge >= 0.3 is 0 Å². The van der Waals surface area contributed by atoms with Crippen molar-refractivity contribution in [2.45, 2.75) is 27.7 Å². The van der Waals surface area contributed by atoms with Crippen LogP contribution in [0.5, 0.6) is 0 Å². The van der Waals surface area contributed by atoms with Crippen molar-refractivity contribution in [2.75, 3.05) is 5.32 Å². The Balaban J connectivity index is 1.77. The van der Waals surface area contributed by atoms with Crippen LogP contribution >= 0.6 is 0 Å². The number of hydrogen-bond acceptors (Lipinski definition) is 2. The maximum atomic E-state index is 13.5. The summed E-state index contributed by atoms with van der Waals surface area (Å²) in [6.45, 7) is 8.13. The molecule has 156 valence electrons. The molecule has 5 heteroatoms. The van der Waals surface area contributed by atoms with E-state index in [0.717, 1.165) is 22.3 Å². The third-order valence-corrected chi connectivity index (χ3v) is 5.58. The van der Waals surface area contributed by atoms with E-state index in [1.54, 1.807) is 22.9 Å². The van der Waals surface area contributed by atoms with E-state index in [0.29, 0.717) is 22.8 Å². The molecule has 0 fully saturated rings. The van der Waals surface area contributed by atoms with Gasteiger partial charge in [0.2, 0.25) is 0 Å². The quantitative estimate of drug-likeness (QED) is 0.435. The summed E-state index contributed by atoms with van der Waals surface area (Å²) in [5.74, 6) is -0.624. The summed E-state index contributed by atoms with van der Waals surface area (Å²) in [7, 11) is 0. The van der Waals surface area contributed by atoms with E-state index in [9.17, 15) is 9.18 Å². The van der Waals surface area contributed by atoms with Gasteiger partial charge in [0.25, 0.3) is 5.91 Å². The number of aryl methyl sites for hydroxylation is 4. The summed E-state index contributed by atoms with van der Waals surface area (Å²) in [6.07, 6.45) is 0. The smallest absolute Gasteiger partial charge is 0.274 e. The van der Waals surface area contributed by atoms with Crippen LogP contribution in [-0.2, 0) is 0 Å². The molecule has 0 saturated heterocycles.